The number of imidazole rings is 1. The highest BCUT2D eigenvalue weighted by atomic mass is 19.1. The van der Waals surface area contributed by atoms with Gasteiger partial charge in [0.05, 0.1) is 10.9 Å². The van der Waals surface area contributed by atoms with Crippen molar-refractivity contribution in [2.75, 3.05) is 45.6 Å². The van der Waals surface area contributed by atoms with E-state index in [9.17, 15) is 4.39 Å². The Bertz CT molecular complexity index is 1970. The molecule has 230 valence electrons. The van der Waals surface area contributed by atoms with E-state index >= 15 is 4.39 Å². The van der Waals surface area contributed by atoms with Crippen LogP contribution < -0.4 is 5.32 Å². The fourth-order valence-electron chi connectivity index (χ4n) is 6.09. The molecular formula is C34H35F2N9. The van der Waals surface area contributed by atoms with E-state index < -0.39 is 5.82 Å². The van der Waals surface area contributed by atoms with Crippen molar-refractivity contribution in [3.8, 4) is 33.8 Å². The molecule has 6 aromatic rings. The number of nitrogens with one attached hydrogen (secondary N) is 3. The number of hydrogen-bond donors (Lipinski definition) is 3. The van der Waals surface area contributed by atoms with E-state index in [1.807, 2.05) is 38.5 Å². The number of aromatic nitrogens is 6. The molecule has 9 nitrogen and oxygen atoms in total. The van der Waals surface area contributed by atoms with Crippen LogP contribution in [-0.2, 0) is 6.54 Å². The first kappa shape index (κ1) is 29.0. The number of aromatic amines is 2. The van der Waals surface area contributed by atoms with E-state index in [0.29, 0.717) is 68.1 Å². The Balaban J connectivity index is 1.24. The Morgan fingerprint density at radius 1 is 0.956 bits per heavy atom. The van der Waals surface area contributed by atoms with Gasteiger partial charge in [0, 0.05) is 60.6 Å². The van der Waals surface area contributed by atoms with Crippen LogP contribution in [-0.4, -0.2) is 80.2 Å². The van der Waals surface area contributed by atoms with Gasteiger partial charge in [-0.15, -0.1) is 0 Å². The van der Waals surface area contributed by atoms with Crippen LogP contribution in [0.1, 0.15) is 24.8 Å². The summed E-state index contributed by atoms with van der Waals surface area (Å²) in [6, 6.07) is 12.2. The maximum absolute atomic E-state index is 16.4. The third-order valence-electron chi connectivity index (χ3n) is 8.33. The molecule has 0 atom stereocenters. The van der Waals surface area contributed by atoms with Gasteiger partial charge in [-0.05, 0) is 93.6 Å². The Labute approximate surface area is 259 Å². The Morgan fingerprint density at radius 3 is 2.67 bits per heavy atom. The number of piperidine rings is 1. The number of hydrogen-bond acceptors (Lipinski definition) is 7. The summed E-state index contributed by atoms with van der Waals surface area (Å²) in [4.78, 5) is 21.4. The molecule has 7 rings (SSSR count). The Kier molecular flexibility index (Phi) is 7.95. The first-order chi connectivity index (χ1) is 21.9. The average Bonchev–Trinajstić information content (AvgIpc) is 3.66. The quantitative estimate of drug-likeness (QED) is 0.173. The van der Waals surface area contributed by atoms with Crippen molar-refractivity contribution in [1.82, 2.24) is 39.9 Å². The molecule has 1 aliphatic rings. The minimum atomic E-state index is -0.402. The van der Waals surface area contributed by atoms with Crippen molar-refractivity contribution >= 4 is 27.8 Å². The lowest BCUT2D eigenvalue weighted by molar-refractivity contribution is 0.220. The zero-order valence-electron chi connectivity index (χ0n) is 25.4. The van der Waals surface area contributed by atoms with Crippen molar-refractivity contribution in [1.29, 1.82) is 0 Å². The number of benzene rings is 2. The molecule has 0 amide bonds. The summed E-state index contributed by atoms with van der Waals surface area (Å²) >= 11 is 0. The number of halogens is 2. The molecule has 2 aromatic carbocycles. The zero-order chi connectivity index (χ0) is 30.9. The second kappa shape index (κ2) is 12.3. The van der Waals surface area contributed by atoms with Crippen LogP contribution in [0.15, 0.2) is 61.1 Å². The predicted molar refractivity (Wildman–Crippen MR) is 174 cm³/mol. The van der Waals surface area contributed by atoms with Gasteiger partial charge in [0.2, 0.25) is 0 Å². The molecular weight excluding hydrogens is 572 g/mol. The van der Waals surface area contributed by atoms with Crippen molar-refractivity contribution in [2.24, 2.45) is 0 Å². The average molecular weight is 608 g/mol. The second-order valence-corrected chi connectivity index (χ2v) is 11.9. The van der Waals surface area contributed by atoms with Gasteiger partial charge in [0.1, 0.15) is 22.8 Å². The number of likely N-dealkylation sites (N-methyl/N-ethyl adjacent to an activating group) is 1. The highest BCUT2D eigenvalue weighted by Crippen LogP contribution is 2.36. The standard InChI is InChI=1S/C34H35F2N9/c1-44(2)13-10-38-25-16-22(15-24(35)17-25)27-8-9-39-33-31(27)40-34(41-33)32-29-28(42-43-32)7-6-26(30(29)36)23-14-21(18-37-19-23)20-45-11-4-3-5-12-45/h6-9,14-19,38H,3-5,10-13,20H2,1-2H3,(H,42,43)(H,39,40,41). The first-order valence-electron chi connectivity index (χ1n) is 15.3. The largest absolute Gasteiger partial charge is 0.384 e. The summed E-state index contributed by atoms with van der Waals surface area (Å²) in [5.41, 5.74) is 6.19. The van der Waals surface area contributed by atoms with Gasteiger partial charge in [-0.2, -0.15) is 5.10 Å². The van der Waals surface area contributed by atoms with Crippen LogP contribution in [0.5, 0.6) is 0 Å². The van der Waals surface area contributed by atoms with Gasteiger partial charge >= 0.3 is 0 Å². The fourth-order valence-corrected chi connectivity index (χ4v) is 6.09. The van der Waals surface area contributed by atoms with Gasteiger partial charge in [-0.1, -0.05) is 6.42 Å². The van der Waals surface area contributed by atoms with Gasteiger partial charge in [-0.25, -0.2) is 18.7 Å². The molecule has 11 heteroatoms. The molecule has 1 fully saturated rings. The molecule has 0 unspecified atom stereocenters. The van der Waals surface area contributed by atoms with E-state index in [1.54, 1.807) is 24.5 Å². The monoisotopic (exact) mass is 607 g/mol. The number of fused-ring (bicyclic) bond motifs is 2. The lowest BCUT2D eigenvalue weighted by Gasteiger charge is -2.26. The molecule has 0 saturated carbocycles. The predicted octanol–water partition coefficient (Wildman–Crippen LogP) is 6.47. The molecule has 45 heavy (non-hydrogen) atoms. The summed E-state index contributed by atoms with van der Waals surface area (Å²) in [5.74, 6) is -0.395. The maximum Gasteiger partial charge on any atom is 0.161 e. The number of likely N-dealkylation sites (tertiary alicyclic amines) is 1. The summed E-state index contributed by atoms with van der Waals surface area (Å²) < 4.78 is 31.1. The Hall–Kier alpha value is -4.74. The molecule has 1 aliphatic heterocycles. The van der Waals surface area contributed by atoms with Crippen molar-refractivity contribution in [2.45, 2.75) is 25.8 Å². The summed E-state index contributed by atoms with van der Waals surface area (Å²) in [5, 5.41) is 11.0. The number of pyridine rings is 2. The lowest BCUT2D eigenvalue weighted by Crippen LogP contribution is -2.29. The van der Waals surface area contributed by atoms with Crippen LogP contribution in [0.25, 0.3) is 55.8 Å². The summed E-state index contributed by atoms with van der Waals surface area (Å²) in [6.07, 6.45) is 8.89. The number of rotatable bonds is 9. The van der Waals surface area contributed by atoms with Crippen LogP contribution in [0.2, 0.25) is 0 Å². The Morgan fingerprint density at radius 2 is 1.82 bits per heavy atom. The lowest BCUT2D eigenvalue weighted by atomic mass is 10.0. The SMILES string of the molecule is CN(C)CCNc1cc(F)cc(-c2ccnc3[nH]c(-c4n[nH]c5ccc(-c6cncc(CN7CCCCC7)c6)c(F)c45)nc23)c1. The van der Waals surface area contributed by atoms with Gasteiger partial charge in [0.15, 0.2) is 11.5 Å². The molecule has 1 saturated heterocycles. The summed E-state index contributed by atoms with van der Waals surface area (Å²) in [7, 11) is 3.98. The highest BCUT2D eigenvalue weighted by molar-refractivity contribution is 5.98. The van der Waals surface area contributed by atoms with E-state index in [4.69, 9.17) is 4.98 Å². The van der Waals surface area contributed by atoms with E-state index in [-0.39, 0.29) is 5.82 Å². The molecule has 4 aromatic heterocycles. The minimum Gasteiger partial charge on any atom is -0.384 e. The fraction of sp³-hybridized carbons (Fsp3) is 0.294. The molecule has 3 N–H and O–H groups in total. The normalized spacial score (nSPS) is 14.2. The zero-order valence-corrected chi connectivity index (χ0v) is 25.4. The molecule has 0 bridgehead atoms. The molecule has 0 spiro atoms. The van der Waals surface area contributed by atoms with Crippen molar-refractivity contribution in [3.05, 3.63) is 78.3 Å². The maximum atomic E-state index is 16.4. The van der Waals surface area contributed by atoms with Crippen molar-refractivity contribution < 1.29 is 8.78 Å². The smallest absolute Gasteiger partial charge is 0.161 e. The summed E-state index contributed by atoms with van der Waals surface area (Å²) in [6.45, 7) is 4.43. The van der Waals surface area contributed by atoms with Gasteiger partial charge < -0.3 is 15.2 Å². The van der Waals surface area contributed by atoms with E-state index in [0.717, 1.165) is 31.7 Å². The van der Waals surface area contributed by atoms with Crippen LogP contribution in [0.4, 0.5) is 14.5 Å². The number of nitrogens with zero attached hydrogens (tertiary/aromatic N) is 6. The number of H-pyrrole nitrogens is 2. The van der Waals surface area contributed by atoms with E-state index in [1.165, 1.54) is 31.4 Å². The topological polar surface area (TPSA) is 102 Å². The third-order valence-corrected chi connectivity index (χ3v) is 8.33. The highest BCUT2D eigenvalue weighted by Gasteiger charge is 2.21. The molecule has 5 heterocycles. The van der Waals surface area contributed by atoms with Crippen molar-refractivity contribution in [3.63, 3.8) is 0 Å². The van der Waals surface area contributed by atoms with E-state index in [2.05, 4.69) is 40.3 Å². The van der Waals surface area contributed by atoms with Gasteiger partial charge in [0.25, 0.3) is 0 Å². The molecule has 0 aliphatic carbocycles. The number of anilines is 1. The second-order valence-electron chi connectivity index (χ2n) is 11.9. The third kappa shape index (κ3) is 6.01. The minimum absolute atomic E-state index is 0.327. The van der Waals surface area contributed by atoms with Gasteiger partial charge in [-0.3, -0.25) is 15.0 Å². The van der Waals surface area contributed by atoms with Crippen LogP contribution in [0, 0.1) is 11.6 Å². The molecule has 0 radical (unpaired) electrons. The van der Waals surface area contributed by atoms with Crippen LogP contribution in [0.3, 0.4) is 0 Å². The van der Waals surface area contributed by atoms with Crippen LogP contribution >= 0.6 is 0 Å². The first-order valence-corrected chi connectivity index (χ1v) is 15.3.